The number of hydrogen-bond donors (Lipinski definition) is 1. The molecule has 0 radical (unpaired) electrons. The van der Waals surface area contributed by atoms with Crippen LogP contribution >= 0.6 is 11.6 Å². The second-order valence-electron chi connectivity index (χ2n) is 4.36. The Morgan fingerprint density at radius 2 is 2.24 bits per heavy atom. The summed E-state index contributed by atoms with van der Waals surface area (Å²) in [6.45, 7) is 1.88. The molecule has 1 saturated carbocycles. The zero-order chi connectivity index (χ0) is 12.3. The minimum Gasteiger partial charge on any atom is -0.491 e. The van der Waals surface area contributed by atoms with Crippen LogP contribution in [-0.2, 0) is 4.74 Å². The summed E-state index contributed by atoms with van der Waals surface area (Å²) in [6, 6.07) is 5.77. The molecule has 0 unspecified atom stereocenters. The van der Waals surface area contributed by atoms with Crippen molar-refractivity contribution >= 4 is 11.6 Å². The number of nitrogens with two attached hydrogens (primary N) is 1. The topological polar surface area (TPSA) is 44.5 Å². The van der Waals surface area contributed by atoms with E-state index in [0.29, 0.717) is 25.0 Å². The van der Waals surface area contributed by atoms with E-state index in [4.69, 9.17) is 26.8 Å². The van der Waals surface area contributed by atoms with E-state index in [1.54, 1.807) is 7.11 Å². The fourth-order valence-corrected chi connectivity index (χ4v) is 2.25. The molecule has 0 amide bonds. The van der Waals surface area contributed by atoms with Gasteiger partial charge in [0.1, 0.15) is 12.4 Å². The summed E-state index contributed by atoms with van der Waals surface area (Å²) in [5.74, 6) is 2.00. The van der Waals surface area contributed by atoms with Crippen molar-refractivity contribution in [3.8, 4) is 5.75 Å². The Kier molecular flexibility index (Phi) is 4.26. The molecule has 1 aromatic rings. The van der Waals surface area contributed by atoms with Crippen LogP contribution < -0.4 is 10.5 Å². The van der Waals surface area contributed by atoms with Crippen LogP contribution in [0.1, 0.15) is 17.9 Å². The van der Waals surface area contributed by atoms with E-state index >= 15 is 0 Å². The van der Waals surface area contributed by atoms with E-state index in [1.807, 2.05) is 18.2 Å². The summed E-state index contributed by atoms with van der Waals surface area (Å²) >= 11 is 6.03. The molecule has 0 aromatic heterocycles. The van der Waals surface area contributed by atoms with Gasteiger partial charge in [0.25, 0.3) is 0 Å². The molecular weight excluding hydrogens is 238 g/mol. The largest absolute Gasteiger partial charge is 0.491 e. The molecule has 1 aliphatic carbocycles. The number of rotatable bonds is 6. The van der Waals surface area contributed by atoms with Crippen LogP contribution in [0.15, 0.2) is 18.2 Å². The second-order valence-corrected chi connectivity index (χ2v) is 4.80. The van der Waals surface area contributed by atoms with Gasteiger partial charge in [-0.25, -0.2) is 0 Å². The first-order chi connectivity index (χ1) is 8.26. The molecule has 3 nitrogen and oxygen atoms in total. The van der Waals surface area contributed by atoms with Crippen LogP contribution in [0.25, 0.3) is 0 Å². The maximum Gasteiger partial charge on any atom is 0.123 e. The Bertz CT molecular complexity index is 384. The second kappa shape index (κ2) is 5.71. The molecule has 4 heteroatoms. The summed E-state index contributed by atoms with van der Waals surface area (Å²) < 4.78 is 10.7. The van der Waals surface area contributed by atoms with Crippen molar-refractivity contribution in [3.63, 3.8) is 0 Å². The molecule has 2 atom stereocenters. The number of methoxy groups -OCH3 is 1. The van der Waals surface area contributed by atoms with Crippen molar-refractivity contribution in [2.75, 3.05) is 26.9 Å². The van der Waals surface area contributed by atoms with Crippen LogP contribution in [0.2, 0.25) is 5.02 Å². The normalized spacial score (nSPS) is 22.5. The molecule has 0 aliphatic heterocycles. The molecule has 17 heavy (non-hydrogen) atoms. The molecule has 1 aliphatic rings. The van der Waals surface area contributed by atoms with Crippen molar-refractivity contribution in [1.82, 2.24) is 0 Å². The third-order valence-corrected chi connectivity index (χ3v) is 3.38. The molecule has 94 valence electrons. The number of ether oxygens (including phenoxy) is 2. The van der Waals surface area contributed by atoms with Gasteiger partial charge in [0.15, 0.2) is 0 Å². The Morgan fingerprint density at radius 1 is 1.41 bits per heavy atom. The van der Waals surface area contributed by atoms with Crippen molar-refractivity contribution < 1.29 is 9.47 Å². The van der Waals surface area contributed by atoms with Crippen molar-refractivity contribution in [2.45, 2.75) is 12.3 Å². The highest BCUT2D eigenvalue weighted by Crippen LogP contribution is 2.50. The van der Waals surface area contributed by atoms with E-state index in [1.165, 1.54) is 5.56 Å². The molecule has 0 spiro atoms. The lowest BCUT2D eigenvalue weighted by molar-refractivity contribution is 0.145. The van der Waals surface area contributed by atoms with E-state index in [9.17, 15) is 0 Å². The molecule has 1 aromatic carbocycles. The lowest BCUT2D eigenvalue weighted by atomic mass is 10.1. The number of hydrogen-bond acceptors (Lipinski definition) is 3. The zero-order valence-corrected chi connectivity index (χ0v) is 10.7. The van der Waals surface area contributed by atoms with Gasteiger partial charge >= 0.3 is 0 Å². The minimum atomic E-state index is 0.510. The highest BCUT2D eigenvalue weighted by atomic mass is 35.5. The first-order valence-electron chi connectivity index (χ1n) is 5.87. The van der Waals surface area contributed by atoms with Gasteiger partial charge in [0.05, 0.1) is 6.61 Å². The maximum absolute atomic E-state index is 6.03. The molecule has 2 rings (SSSR count). The van der Waals surface area contributed by atoms with E-state index in [0.717, 1.165) is 23.7 Å². The van der Waals surface area contributed by atoms with Gasteiger partial charge in [0, 0.05) is 12.1 Å². The predicted molar refractivity (Wildman–Crippen MR) is 68.7 cm³/mol. The average Bonchev–Trinajstić information content (AvgIpc) is 3.10. The van der Waals surface area contributed by atoms with Gasteiger partial charge in [0.2, 0.25) is 0 Å². The Balaban J connectivity index is 2.08. The van der Waals surface area contributed by atoms with Crippen molar-refractivity contribution in [1.29, 1.82) is 0 Å². The third kappa shape index (κ3) is 3.12. The predicted octanol–water partition coefficient (Wildman–Crippen LogP) is 2.43. The van der Waals surface area contributed by atoms with Gasteiger partial charge < -0.3 is 15.2 Å². The standard InChI is InChI=1S/C13H18ClNO2/c1-16-4-5-17-13-3-2-10(14)7-12(13)11-6-9(11)8-15/h2-3,7,9,11H,4-6,8,15H2,1H3/t9-,11+/m0/s1. The van der Waals surface area contributed by atoms with Crippen molar-refractivity contribution in [2.24, 2.45) is 11.7 Å². The third-order valence-electron chi connectivity index (χ3n) is 3.14. The highest BCUT2D eigenvalue weighted by molar-refractivity contribution is 6.30. The summed E-state index contributed by atoms with van der Waals surface area (Å²) in [6.07, 6.45) is 1.14. The van der Waals surface area contributed by atoms with E-state index < -0.39 is 0 Å². The molecule has 0 bridgehead atoms. The Hall–Kier alpha value is -0.770. The first kappa shape index (κ1) is 12.7. The van der Waals surface area contributed by atoms with Crippen LogP contribution in [0.5, 0.6) is 5.75 Å². The monoisotopic (exact) mass is 255 g/mol. The fraction of sp³-hybridized carbons (Fsp3) is 0.538. The average molecular weight is 256 g/mol. The summed E-state index contributed by atoms with van der Waals surface area (Å²) in [4.78, 5) is 0. The van der Waals surface area contributed by atoms with Crippen LogP contribution in [0, 0.1) is 5.92 Å². The number of benzene rings is 1. The van der Waals surface area contributed by atoms with Crippen molar-refractivity contribution in [3.05, 3.63) is 28.8 Å². The summed E-state index contributed by atoms with van der Waals surface area (Å²) in [5, 5.41) is 0.752. The van der Waals surface area contributed by atoms with Crippen LogP contribution in [0.4, 0.5) is 0 Å². The lowest BCUT2D eigenvalue weighted by Gasteiger charge is -2.11. The van der Waals surface area contributed by atoms with Gasteiger partial charge in [-0.1, -0.05) is 11.6 Å². The summed E-state index contributed by atoms with van der Waals surface area (Å²) in [5.41, 5.74) is 6.86. The van der Waals surface area contributed by atoms with Gasteiger partial charge in [-0.2, -0.15) is 0 Å². The molecular formula is C13H18ClNO2. The van der Waals surface area contributed by atoms with Crippen LogP contribution in [0.3, 0.4) is 0 Å². The molecule has 0 saturated heterocycles. The smallest absolute Gasteiger partial charge is 0.123 e. The van der Waals surface area contributed by atoms with Gasteiger partial charge in [-0.3, -0.25) is 0 Å². The molecule has 0 heterocycles. The Morgan fingerprint density at radius 3 is 2.88 bits per heavy atom. The maximum atomic E-state index is 6.03. The first-order valence-corrected chi connectivity index (χ1v) is 6.25. The summed E-state index contributed by atoms with van der Waals surface area (Å²) in [7, 11) is 1.66. The molecule has 2 N–H and O–H groups in total. The SMILES string of the molecule is COCCOc1ccc(Cl)cc1[C@@H]1C[C@H]1CN. The zero-order valence-electron chi connectivity index (χ0n) is 9.99. The quantitative estimate of drug-likeness (QED) is 0.794. The molecule has 1 fully saturated rings. The lowest BCUT2D eigenvalue weighted by Crippen LogP contribution is -2.07. The number of halogens is 1. The highest BCUT2D eigenvalue weighted by Gasteiger charge is 2.38. The van der Waals surface area contributed by atoms with Crippen LogP contribution in [-0.4, -0.2) is 26.9 Å². The van der Waals surface area contributed by atoms with E-state index in [2.05, 4.69) is 0 Å². The van der Waals surface area contributed by atoms with Gasteiger partial charge in [-0.15, -0.1) is 0 Å². The van der Waals surface area contributed by atoms with Gasteiger partial charge in [-0.05, 0) is 48.6 Å². The van der Waals surface area contributed by atoms with E-state index in [-0.39, 0.29) is 0 Å². The fourth-order valence-electron chi connectivity index (χ4n) is 2.06. The Labute approximate surface area is 107 Å². The minimum absolute atomic E-state index is 0.510.